The molecule has 0 aromatic heterocycles. The molecule has 0 amide bonds. The average molecular weight is 158 g/mol. The Balaban J connectivity index is 2.62. The van der Waals surface area contributed by atoms with Crippen LogP contribution in [0, 0.1) is 11.3 Å². The first-order chi connectivity index (χ1) is 5.83. The van der Waals surface area contributed by atoms with Crippen LogP contribution in [0.4, 0.5) is 0 Å². The van der Waals surface area contributed by atoms with Crippen LogP contribution in [0.5, 0.6) is 0 Å². The van der Waals surface area contributed by atoms with Gasteiger partial charge >= 0.3 is 0 Å². The van der Waals surface area contributed by atoms with Crippen molar-refractivity contribution in [2.75, 3.05) is 0 Å². The van der Waals surface area contributed by atoms with Crippen LogP contribution in [-0.4, -0.2) is 0 Å². The lowest BCUT2D eigenvalue weighted by Crippen LogP contribution is -2.06. The molecule has 1 aromatic carbocycles. The molecule has 0 fully saturated rings. The number of benzene rings is 1. The molecule has 2 N–H and O–H groups in total. The summed E-state index contributed by atoms with van der Waals surface area (Å²) in [4.78, 5) is 0. The van der Waals surface area contributed by atoms with Gasteiger partial charge in [0, 0.05) is 6.04 Å². The van der Waals surface area contributed by atoms with Gasteiger partial charge in [0.15, 0.2) is 0 Å². The second kappa shape index (κ2) is 2.62. The van der Waals surface area contributed by atoms with Crippen molar-refractivity contribution in [3.8, 4) is 6.07 Å². The number of nitrogens with two attached hydrogens (primary N) is 1. The van der Waals surface area contributed by atoms with E-state index in [2.05, 4.69) is 12.1 Å². The van der Waals surface area contributed by atoms with Gasteiger partial charge in [0.1, 0.15) is 0 Å². The minimum absolute atomic E-state index is 0.0795. The van der Waals surface area contributed by atoms with Crippen molar-refractivity contribution in [2.24, 2.45) is 5.73 Å². The Labute approximate surface area is 71.6 Å². The predicted octanol–water partition coefficient (Wildman–Crippen LogP) is 1.50. The zero-order chi connectivity index (χ0) is 8.55. The first-order valence-electron chi connectivity index (χ1n) is 4.10. The number of nitrogens with zero attached hydrogens (tertiary/aromatic N) is 1. The molecule has 0 unspecified atom stereocenters. The highest BCUT2D eigenvalue weighted by Crippen LogP contribution is 2.31. The molecular weight excluding hydrogens is 148 g/mol. The van der Waals surface area contributed by atoms with Crippen molar-refractivity contribution in [1.82, 2.24) is 0 Å². The molecule has 60 valence electrons. The van der Waals surface area contributed by atoms with Crippen molar-refractivity contribution in [3.63, 3.8) is 0 Å². The average Bonchev–Trinajstić information content (AvgIpc) is 2.48. The van der Waals surface area contributed by atoms with E-state index in [9.17, 15) is 0 Å². The molecule has 0 aliphatic heterocycles. The summed E-state index contributed by atoms with van der Waals surface area (Å²) in [6.45, 7) is 0. The Morgan fingerprint density at radius 2 is 2.33 bits per heavy atom. The first-order valence-corrected chi connectivity index (χ1v) is 4.10. The van der Waals surface area contributed by atoms with Crippen molar-refractivity contribution in [1.29, 1.82) is 5.26 Å². The Morgan fingerprint density at radius 3 is 3.08 bits per heavy atom. The molecule has 0 bridgehead atoms. The monoisotopic (exact) mass is 158 g/mol. The van der Waals surface area contributed by atoms with Gasteiger partial charge in [0.25, 0.3) is 0 Å². The van der Waals surface area contributed by atoms with Crippen LogP contribution < -0.4 is 5.73 Å². The van der Waals surface area contributed by atoms with E-state index < -0.39 is 0 Å². The largest absolute Gasteiger partial charge is 0.324 e. The second-order valence-corrected chi connectivity index (χ2v) is 3.14. The van der Waals surface area contributed by atoms with E-state index in [1.165, 1.54) is 5.56 Å². The molecule has 2 rings (SSSR count). The quantitative estimate of drug-likeness (QED) is 0.622. The van der Waals surface area contributed by atoms with Gasteiger partial charge in [-0.25, -0.2) is 0 Å². The molecule has 0 saturated heterocycles. The van der Waals surface area contributed by atoms with Gasteiger partial charge in [-0.2, -0.15) is 5.26 Å². The molecule has 0 heterocycles. The van der Waals surface area contributed by atoms with Crippen LogP contribution in [0.1, 0.15) is 29.2 Å². The molecular formula is C10H10N2. The topological polar surface area (TPSA) is 49.8 Å². The number of hydrogen-bond acceptors (Lipinski definition) is 2. The second-order valence-electron chi connectivity index (χ2n) is 3.14. The molecule has 2 nitrogen and oxygen atoms in total. The van der Waals surface area contributed by atoms with E-state index in [-0.39, 0.29) is 6.04 Å². The molecule has 2 heteroatoms. The Kier molecular flexibility index (Phi) is 1.60. The van der Waals surface area contributed by atoms with Crippen molar-refractivity contribution in [3.05, 3.63) is 34.9 Å². The zero-order valence-electron chi connectivity index (χ0n) is 6.75. The number of nitriles is 1. The minimum Gasteiger partial charge on any atom is -0.324 e. The third-order valence-corrected chi connectivity index (χ3v) is 2.41. The van der Waals surface area contributed by atoms with Gasteiger partial charge in [0.05, 0.1) is 11.6 Å². The first kappa shape index (κ1) is 7.33. The predicted molar refractivity (Wildman–Crippen MR) is 46.4 cm³/mol. The zero-order valence-corrected chi connectivity index (χ0v) is 6.75. The van der Waals surface area contributed by atoms with Crippen molar-refractivity contribution in [2.45, 2.75) is 18.9 Å². The van der Waals surface area contributed by atoms with E-state index in [1.54, 1.807) is 0 Å². The van der Waals surface area contributed by atoms with E-state index in [0.717, 1.165) is 24.0 Å². The molecule has 0 radical (unpaired) electrons. The fourth-order valence-corrected chi connectivity index (χ4v) is 1.82. The highest BCUT2D eigenvalue weighted by molar-refractivity contribution is 5.47. The van der Waals surface area contributed by atoms with Crippen LogP contribution in [0.15, 0.2) is 18.2 Å². The Bertz CT molecular complexity index is 349. The maximum absolute atomic E-state index is 8.81. The molecule has 1 aromatic rings. The van der Waals surface area contributed by atoms with Crippen molar-refractivity contribution >= 4 is 0 Å². The lowest BCUT2D eigenvalue weighted by atomic mass is 10.0. The maximum Gasteiger partial charge on any atom is 0.0995 e. The fraction of sp³-hybridized carbons (Fsp3) is 0.300. The van der Waals surface area contributed by atoms with Crippen LogP contribution in [0.25, 0.3) is 0 Å². The van der Waals surface area contributed by atoms with Gasteiger partial charge in [-0.3, -0.25) is 0 Å². The molecule has 1 aliphatic carbocycles. The Hall–Kier alpha value is -1.33. The standard InChI is InChI=1S/C10H10N2/c11-6-8-3-1-2-7-4-5-9(12)10(7)8/h1-3,9H,4-5,12H2/t9-/m1/s1. The summed E-state index contributed by atoms with van der Waals surface area (Å²) < 4.78 is 0. The number of hydrogen-bond donors (Lipinski definition) is 1. The van der Waals surface area contributed by atoms with E-state index in [0.29, 0.717) is 0 Å². The molecule has 1 atom stereocenters. The van der Waals surface area contributed by atoms with Gasteiger partial charge in [-0.05, 0) is 30.0 Å². The highest BCUT2D eigenvalue weighted by atomic mass is 14.6. The molecule has 1 aliphatic rings. The third kappa shape index (κ3) is 0.910. The van der Waals surface area contributed by atoms with Crippen molar-refractivity contribution < 1.29 is 0 Å². The van der Waals surface area contributed by atoms with E-state index in [4.69, 9.17) is 11.0 Å². The lowest BCUT2D eigenvalue weighted by Gasteiger charge is -2.05. The summed E-state index contributed by atoms with van der Waals surface area (Å²) in [7, 11) is 0. The van der Waals surface area contributed by atoms with Crippen LogP contribution >= 0.6 is 0 Å². The van der Waals surface area contributed by atoms with E-state index >= 15 is 0 Å². The summed E-state index contributed by atoms with van der Waals surface area (Å²) in [6, 6.07) is 8.08. The fourth-order valence-electron chi connectivity index (χ4n) is 1.82. The van der Waals surface area contributed by atoms with Gasteiger partial charge in [-0.1, -0.05) is 12.1 Å². The summed E-state index contributed by atoms with van der Waals surface area (Å²) in [5, 5.41) is 8.81. The van der Waals surface area contributed by atoms with Crippen LogP contribution in [0.3, 0.4) is 0 Å². The minimum atomic E-state index is 0.0795. The maximum atomic E-state index is 8.81. The van der Waals surface area contributed by atoms with Gasteiger partial charge in [-0.15, -0.1) is 0 Å². The molecule has 12 heavy (non-hydrogen) atoms. The molecule has 0 spiro atoms. The summed E-state index contributed by atoms with van der Waals surface area (Å²) in [5.74, 6) is 0. The summed E-state index contributed by atoms with van der Waals surface area (Å²) >= 11 is 0. The third-order valence-electron chi connectivity index (χ3n) is 2.41. The number of aryl methyl sites for hydroxylation is 1. The Morgan fingerprint density at radius 1 is 1.50 bits per heavy atom. The summed E-state index contributed by atoms with van der Waals surface area (Å²) in [6.07, 6.45) is 2.00. The normalized spacial score (nSPS) is 20.2. The number of fused-ring (bicyclic) bond motifs is 1. The summed E-state index contributed by atoms with van der Waals surface area (Å²) in [5.41, 5.74) is 8.94. The lowest BCUT2D eigenvalue weighted by molar-refractivity contribution is 0.712. The highest BCUT2D eigenvalue weighted by Gasteiger charge is 2.21. The SMILES string of the molecule is N#Cc1cccc2c1[C@H](N)CC2. The van der Waals surface area contributed by atoms with Crippen LogP contribution in [-0.2, 0) is 6.42 Å². The van der Waals surface area contributed by atoms with E-state index in [1.807, 2.05) is 12.1 Å². The number of rotatable bonds is 0. The smallest absolute Gasteiger partial charge is 0.0995 e. The van der Waals surface area contributed by atoms with Gasteiger partial charge < -0.3 is 5.73 Å². The van der Waals surface area contributed by atoms with Gasteiger partial charge in [0.2, 0.25) is 0 Å². The molecule has 0 saturated carbocycles. The van der Waals surface area contributed by atoms with Crippen LogP contribution in [0.2, 0.25) is 0 Å².